The molecule has 3 aliphatic rings. The number of hydrogen-bond donors (Lipinski definition) is 0. The van der Waals surface area contributed by atoms with E-state index in [1.807, 2.05) is 35.2 Å². The molecule has 2 saturated heterocycles. The fraction of sp³-hybridized carbons (Fsp3) is 0.355. The van der Waals surface area contributed by atoms with Crippen molar-refractivity contribution in [2.24, 2.45) is 5.92 Å². The Morgan fingerprint density at radius 2 is 1.68 bits per heavy atom. The molecule has 2 fully saturated rings. The van der Waals surface area contributed by atoms with Gasteiger partial charge in [-0.05, 0) is 66.1 Å². The van der Waals surface area contributed by atoms with Gasteiger partial charge in [0.1, 0.15) is 11.6 Å². The van der Waals surface area contributed by atoms with Gasteiger partial charge in [0, 0.05) is 44.8 Å². The zero-order valence-electron chi connectivity index (χ0n) is 22.4. The second-order valence-electron chi connectivity index (χ2n) is 10.4. The van der Waals surface area contributed by atoms with E-state index in [1.54, 1.807) is 36.3 Å². The molecule has 9 heteroatoms. The minimum absolute atomic E-state index is 0.0306. The van der Waals surface area contributed by atoms with Crippen LogP contribution < -0.4 is 19.1 Å². The van der Waals surface area contributed by atoms with E-state index < -0.39 is 12.0 Å². The first-order chi connectivity index (χ1) is 19.5. The number of methoxy groups -OCH3 is 1. The van der Waals surface area contributed by atoms with Crippen molar-refractivity contribution in [3.05, 3.63) is 83.7 Å². The highest BCUT2D eigenvalue weighted by atomic mass is 19.1. The number of carbonyl (C=O) groups excluding carboxylic acids is 2. The number of nitrogens with zero attached hydrogens (tertiary/aromatic N) is 3. The molecule has 0 aliphatic carbocycles. The largest absolute Gasteiger partial charge is 0.497 e. The summed E-state index contributed by atoms with van der Waals surface area (Å²) in [6.07, 6.45) is 0.716. The van der Waals surface area contributed by atoms with E-state index in [2.05, 4.69) is 4.90 Å². The molecule has 40 heavy (non-hydrogen) atoms. The Bertz CT molecular complexity index is 1370. The SMILES string of the molecule is COc1ccc(N2C(=O)CC[C@H](C(=O)N3CCN(Cc4ccc5c(c4)OCO5)CC3)[C@H]2c2ccc(F)cc2)cc1. The third kappa shape index (κ3) is 5.21. The van der Waals surface area contributed by atoms with Crippen LogP contribution in [0.25, 0.3) is 0 Å². The van der Waals surface area contributed by atoms with Crippen molar-refractivity contribution >= 4 is 17.5 Å². The molecule has 208 valence electrons. The lowest BCUT2D eigenvalue weighted by Gasteiger charge is -2.44. The highest BCUT2D eigenvalue weighted by Crippen LogP contribution is 2.41. The summed E-state index contributed by atoms with van der Waals surface area (Å²) < 4.78 is 30.1. The monoisotopic (exact) mass is 545 g/mol. The molecule has 8 nitrogen and oxygen atoms in total. The van der Waals surface area contributed by atoms with E-state index in [1.165, 1.54) is 12.1 Å². The average molecular weight is 546 g/mol. The van der Waals surface area contributed by atoms with Crippen LogP contribution in [0, 0.1) is 11.7 Å². The molecule has 3 aromatic carbocycles. The summed E-state index contributed by atoms with van der Waals surface area (Å²) in [6, 6.07) is 18.9. The summed E-state index contributed by atoms with van der Waals surface area (Å²) in [7, 11) is 1.59. The van der Waals surface area contributed by atoms with Gasteiger partial charge < -0.3 is 24.0 Å². The van der Waals surface area contributed by atoms with Crippen molar-refractivity contribution in [2.45, 2.75) is 25.4 Å². The number of anilines is 1. The van der Waals surface area contributed by atoms with Crippen molar-refractivity contribution in [1.29, 1.82) is 0 Å². The molecule has 0 saturated carbocycles. The molecule has 6 rings (SSSR count). The smallest absolute Gasteiger partial charge is 0.231 e. The van der Waals surface area contributed by atoms with Crippen molar-refractivity contribution in [2.75, 3.05) is 45.0 Å². The van der Waals surface area contributed by atoms with E-state index in [4.69, 9.17) is 14.2 Å². The first kappa shape index (κ1) is 26.1. The van der Waals surface area contributed by atoms with Crippen LogP contribution in [-0.4, -0.2) is 61.7 Å². The van der Waals surface area contributed by atoms with Gasteiger partial charge >= 0.3 is 0 Å². The van der Waals surface area contributed by atoms with Crippen LogP contribution in [-0.2, 0) is 16.1 Å². The molecule has 0 radical (unpaired) electrons. The normalized spacial score (nSPS) is 21.0. The quantitative estimate of drug-likeness (QED) is 0.458. The average Bonchev–Trinajstić information content (AvgIpc) is 3.46. The zero-order chi connectivity index (χ0) is 27.6. The molecule has 0 aromatic heterocycles. The fourth-order valence-corrected chi connectivity index (χ4v) is 5.90. The van der Waals surface area contributed by atoms with E-state index in [0.717, 1.165) is 42.3 Å². The molecule has 3 heterocycles. The first-order valence-electron chi connectivity index (χ1n) is 13.6. The molecule has 0 bridgehead atoms. The van der Waals surface area contributed by atoms with Crippen LogP contribution in [0.2, 0.25) is 0 Å². The van der Waals surface area contributed by atoms with E-state index >= 15 is 0 Å². The number of fused-ring (bicyclic) bond motifs is 1. The minimum atomic E-state index is -0.533. The predicted octanol–water partition coefficient (Wildman–Crippen LogP) is 4.39. The number of rotatable bonds is 6. The number of hydrogen-bond acceptors (Lipinski definition) is 6. The summed E-state index contributed by atoms with van der Waals surface area (Å²) in [4.78, 5) is 33.3. The van der Waals surface area contributed by atoms with Gasteiger partial charge in [-0.15, -0.1) is 0 Å². The molecule has 3 aromatic rings. The predicted molar refractivity (Wildman–Crippen MR) is 147 cm³/mol. The van der Waals surface area contributed by atoms with Gasteiger partial charge in [-0.3, -0.25) is 14.5 Å². The maximum atomic E-state index is 14.0. The van der Waals surface area contributed by atoms with E-state index in [0.29, 0.717) is 30.9 Å². The second-order valence-corrected chi connectivity index (χ2v) is 10.4. The van der Waals surface area contributed by atoms with Crippen LogP contribution >= 0.6 is 0 Å². The first-order valence-corrected chi connectivity index (χ1v) is 13.6. The Morgan fingerprint density at radius 3 is 2.40 bits per heavy atom. The zero-order valence-corrected chi connectivity index (χ0v) is 22.4. The van der Waals surface area contributed by atoms with Gasteiger partial charge in [0.25, 0.3) is 0 Å². The molecule has 0 unspecified atom stereocenters. The van der Waals surface area contributed by atoms with Gasteiger partial charge in [-0.1, -0.05) is 18.2 Å². The number of benzene rings is 3. The Morgan fingerprint density at radius 1 is 0.950 bits per heavy atom. The third-order valence-electron chi connectivity index (χ3n) is 8.00. The lowest BCUT2D eigenvalue weighted by atomic mass is 9.82. The molecule has 2 atom stereocenters. The van der Waals surface area contributed by atoms with Gasteiger partial charge in [0.2, 0.25) is 18.6 Å². The summed E-state index contributed by atoms with van der Waals surface area (Å²) in [5.41, 5.74) is 2.57. The fourth-order valence-electron chi connectivity index (χ4n) is 5.90. The van der Waals surface area contributed by atoms with Crippen molar-refractivity contribution in [1.82, 2.24) is 9.80 Å². The minimum Gasteiger partial charge on any atom is -0.497 e. The summed E-state index contributed by atoms with van der Waals surface area (Å²) in [5.74, 6) is 1.39. The topological polar surface area (TPSA) is 71.6 Å². The van der Waals surface area contributed by atoms with Crippen LogP contribution in [0.5, 0.6) is 17.2 Å². The summed E-state index contributed by atoms with van der Waals surface area (Å²) in [6.45, 7) is 3.71. The Balaban J connectivity index is 1.19. The second kappa shape index (κ2) is 11.2. The van der Waals surface area contributed by atoms with E-state index in [9.17, 15) is 14.0 Å². The van der Waals surface area contributed by atoms with Gasteiger partial charge in [0.15, 0.2) is 11.5 Å². The van der Waals surface area contributed by atoms with Crippen LogP contribution in [0.3, 0.4) is 0 Å². The Kier molecular flexibility index (Phi) is 7.30. The number of piperazine rings is 1. The van der Waals surface area contributed by atoms with Crippen molar-refractivity contribution in [3.8, 4) is 17.2 Å². The molecule has 3 aliphatic heterocycles. The Labute approximate surface area is 232 Å². The molecule has 0 spiro atoms. The number of carbonyl (C=O) groups is 2. The number of halogens is 1. The summed E-state index contributed by atoms with van der Waals surface area (Å²) >= 11 is 0. The highest BCUT2D eigenvalue weighted by Gasteiger charge is 2.43. The van der Waals surface area contributed by atoms with Crippen molar-refractivity contribution in [3.63, 3.8) is 0 Å². The van der Waals surface area contributed by atoms with Gasteiger partial charge in [0.05, 0.1) is 19.1 Å². The lowest BCUT2D eigenvalue weighted by molar-refractivity contribution is -0.140. The number of ether oxygens (including phenoxy) is 3. The lowest BCUT2D eigenvalue weighted by Crippen LogP contribution is -2.54. The number of amides is 2. The van der Waals surface area contributed by atoms with E-state index in [-0.39, 0.29) is 30.8 Å². The standard InChI is InChI=1S/C31H32FN3O5/c1-38-25-9-7-24(8-10-25)35-29(36)13-11-26(30(35)22-3-5-23(32)6-4-22)31(37)34-16-14-33(15-17-34)19-21-2-12-27-28(18-21)40-20-39-27/h2-10,12,18,26,30H,11,13-17,19-20H2,1H3/t26-,30+/m0/s1. The molecule has 0 N–H and O–H groups in total. The van der Waals surface area contributed by atoms with Crippen molar-refractivity contribution < 1.29 is 28.2 Å². The third-order valence-corrected chi connectivity index (χ3v) is 8.00. The van der Waals surface area contributed by atoms with Crippen LogP contribution in [0.1, 0.15) is 30.0 Å². The van der Waals surface area contributed by atoms with Crippen LogP contribution in [0.15, 0.2) is 66.7 Å². The number of piperidine rings is 1. The summed E-state index contributed by atoms with van der Waals surface area (Å²) in [5, 5.41) is 0. The van der Waals surface area contributed by atoms with Crippen LogP contribution in [0.4, 0.5) is 10.1 Å². The Hall–Kier alpha value is -4.11. The van der Waals surface area contributed by atoms with Gasteiger partial charge in [-0.2, -0.15) is 0 Å². The van der Waals surface area contributed by atoms with Gasteiger partial charge in [-0.25, -0.2) is 4.39 Å². The highest BCUT2D eigenvalue weighted by molar-refractivity contribution is 5.97. The maximum Gasteiger partial charge on any atom is 0.231 e. The molecule has 2 amide bonds. The maximum absolute atomic E-state index is 14.0. The molecular formula is C31H32FN3O5. The molecular weight excluding hydrogens is 513 g/mol.